The summed E-state index contributed by atoms with van der Waals surface area (Å²) in [6.07, 6.45) is 1.98. The lowest BCUT2D eigenvalue weighted by molar-refractivity contribution is 0.102. The van der Waals surface area contributed by atoms with Crippen LogP contribution in [0.3, 0.4) is 0 Å². The first kappa shape index (κ1) is 12.0. The number of hydrogen-bond donors (Lipinski definition) is 0. The van der Waals surface area contributed by atoms with Crippen molar-refractivity contribution in [3.63, 3.8) is 0 Å². The molecule has 0 bridgehead atoms. The van der Waals surface area contributed by atoms with E-state index >= 15 is 0 Å². The Balaban J connectivity index is 2.95. The Kier molecular flexibility index (Phi) is 4.09. The zero-order chi connectivity index (χ0) is 11.4. The number of pyridine rings is 1. The minimum atomic E-state index is 0.0308. The molecule has 0 fully saturated rings. The first-order valence-corrected chi connectivity index (χ1v) is 5.27. The highest BCUT2D eigenvalue weighted by Crippen LogP contribution is 2.11. The minimum Gasteiger partial charge on any atom is -0.380 e. The van der Waals surface area contributed by atoms with Crippen LogP contribution in [0.4, 0.5) is 0 Å². The summed E-state index contributed by atoms with van der Waals surface area (Å²) in [4.78, 5) is 11.6. The van der Waals surface area contributed by atoms with Crippen molar-refractivity contribution < 1.29 is 4.74 Å². The van der Waals surface area contributed by atoms with Crippen LogP contribution in [0.1, 0.15) is 32.3 Å². The van der Waals surface area contributed by atoms with Gasteiger partial charge in [-0.3, -0.25) is 4.79 Å². The van der Waals surface area contributed by atoms with Gasteiger partial charge in [-0.25, -0.2) is 0 Å². The van der Waals surface area contributed by atoms with E-state index < -0.39 is 0 Å². The monoisotopic (exact) mass is 209 g/mol. The highest BCUT2D eigenvalue weighted by atomic mass is 16.5. The lowest BCUT2D eigenvalue weighted by Crippen LogP contribution is -2.25. The number of nitrogens with zero attached hydrogens (tertiary/aromatic N) is 1. The maximum absolute atomic E-state index is 11.6. The number of ether oxygens (including phenoxy) is 1. The van der Waals surface area contributed by atoms with E-state index in [1.54, 1.807) is 17.7 Å². The first-order chi connectivity index (χ1) is 7.04. The van der Waals surface area contributed by atoms with Gasteiger partial charge in [-0.15, -0.1) is 0 Å². The van der Waals surface area contributed by atoms with Crippen LogP contribution in [0, 0.1) is 0 Å². The fourth-order valence-electron chi connectivity index (χ4n) is 1.39. The van der Waals surface area contributed by atoms with E-state index in [4.69, 9.17) is 4.74 Å². The van der Waals surface area contributed by atoms with Crippen molar-refractivity contribution in [3.05, 3.63) is 34.2 Å². The average molecular weight is 209 g/mol. The van der Waals surface area contributed by atoms with Crippen LogP contribution in [0.15, 0.2) is 23.1 Å². The minimum absolute atomic E-state index is 0.0308. The number of aromatic nitrogens is 1. The van der Waals surface area contributed by atoms with Gasteiger partial charge in [0.05, 0.1) is 12.6 Å². The third-order valence-corrected chi connectivity index (χ3v) is 2.53. The fourth-order valence-corrected chi connectivity index (χ4v) is 1.39. The van der Waals surface area contributed by atoms with Gasteiger partial charge in [0.2, 0.25) is 0 Å². The molecule has 15 heavy (non-hydrogen) atoms. The van der Waals surface area contributed by atoms with Crippen molar-refractivity contribution in [3.8, 4) is 0 Å². The zero-order valence-corrected chi connectivity index (χ0v) is 9.86. The molecule has 0 N–H and O–H groups in total. The number of methoxy groups -OCH3 is 1. The lowest BCUT2D eigenvalue weighted by Gasteiger charge is -2.14. The van der Waals surface area contributed by atoms with Gasteiger partial charge in [-0.05, 0) is 18.4 Å². The molecule has 84 valence electrons. The van der Waals surface area contributed by atoms with Crippen LogP contribution in [0.2, 0.25) is 0 Å². The van der Waals surface area contributed by atoms with Crippen molar-refractivity contribution in [2.24, 2.45) is 0 Å². The summed E-state index contributed by atoms with van der Waals surface area (Å²) in [7, 11) is 1.65. The van der Waals surface area contributed by atoms with Crippen LogP contribution in [0.5, 0.6) is 0 Å². The van der Waals surface area contributed by atoms with Gasteiger partial charge in [-0.2, -0.15) is 0 Å². The van der Waals surface area contributed by atoms with Crippen molar-refractivity contribution in [1.82, 2.24) is 4.57 Å². The standard InChI is InChI=1S/C12H19NO2/c1-9(2)11-5-6-12(14)13(8-11)7-10(3)15-4/h5-6,8-10H,7H2,1-4H3/t10-/m1/s1. The van der Waals surface area contributed by atoms with E-state index in [2.05, 4.69) is 13.8 Å². The molecule has 0 spiro atoms. The normalized spacial score (nSPS) is 13.1. The molecule has 0 unspecified atom stereocenters. The van der Waals surface area contributed by atoms with Gasteiger partial charge in [0.15, 0.2) is 0 Å². The maximum atomic E-state index is 11.6. The molecule has 1 heterocycles. The zero-order valence-electron chi connectivity index (χ0n) is 9.86. The van der Waals surface area contributed by atoms with Crippen molar-refractivity contribution in [1.29, 1.82) is 0 Å². The Morgan fingerprint density at radius 1 is 1.33 bits per heavy atom. The summed E-state index contributed by atoms with van der Waals surface area (Å²) in [6.45, 7) is 6.79. The Bertz CT molecular complexity index is 368. The van der Waals surface area contributed by atoms with E-state index in [1.165, 1.54) is 5.56 Å². The molecule has 1 atom stereocenters. The maximum Gasteiger partial charge on any atom is 0.250 e. The van der Waals surface area contributed by atoms with Gasteiger partial charge < -0.3 is 9.30 Å². The molecule has 0 aliphatic rings. The van der Waals surface area contributed by atoms with Gasteiger partial charge in [0.1, 0.15) is 0 Å². The van der Waals surface area contributed by atoms with Gasteiger partial charge in [0.25, 0.3) is 5.56 Å². The second kappa shape index (κ2) is 5.12. The van der Waals surface area contributed by atoms with Crippen LogP contribution in [0.25, 0.3) is 0 Å². The molecular weight excluding hydrogens is 190 g/mol. The van der Waals surface area contributed by atoms with E-state index in [1.807, 2.05) is 19.2 Å². The van der Waals surface area contributed by atoms with E-state index in [0.717, 1.165) is 0 Å². The predicted octanol–water partition coefficient (Wildman–Crippen LogP) is 2.01. The predicted molar refractivity (Wildman–Crippen MR) is 61.3 cm³/mol. The van der Waals surface area contributed by atoms with Gasteiger partial charge in [0, 0.05) is 19.4 Å². The summed E-state index contributed by atoms with van der Waals surface area (Å²) >= 11 is 0. The van der Waals surface area contributed by atoms with E-state index in [9.17, 15) is 4.79 Å². The molecule has 0 aliphatic heterocycles. The van der Waals surface area contributed by atoms with Crippen molar-refractivity contribution >= 4 is 0 Å². The van der Waals surface area contributed by atoms with Gasteiger partial charge in [-0.1, -0.05) is 19.9 Å². The quantitative estimate of drug-likeness (QED) is 0.759. The van der Waals surface area contributed by atoms with E-state index in [-0.39, 0.29) is 11.7 Å². The summed E-state index contributed by atoms with van der Waals surface area (Å²) in [5.74, 6) is 0.440. The smallest absolute Gasteiger partial charge is 0.250 e. The molecule has 0 amide bonds. The molecular formula is C12H19NO2. The molecule has 1 aromatic rings. The Morgan fingerprint density at radius 3 is 2.53 bits per heavy atom. The lowest BCUT2D eigenvalue weighted by atomic mass is 10.1. The van der Waals surface area contributed by atoms with E-state index in [0.29, 0.717) is 12.5 Å². The summed E-state index contributed by atoms with van der Waals surface area (Å²) < 4.78 is 6.86. The third-order valence-electron chi connectivity index (χ3n) is 2.53. The number of hydrogen-bond acceptors (Lipinski definition) is 2. The molecule has 1 rings (SSSR count). The second-order valence-corrected chi connectivity index (χ2v) is 4.15. The molecule has 3 heteroatoms. The van der Waals surface area contributed by atoms with Crippen LogP contribution in [-0.4, -0.2) is 17.8 Å². The topological polar surface area (TPSA) is 31.2 Å². The SMILES string of the molecule is CO[C@H](C)Cn1cc(C(C)C)ccc1=O. The second-order valence-electron chi connectivity index (χ2n) is 4.15. The molecule has 0 saturated carbocycles. The molecule has 0 radical (unpaired) electrons. The summed E-state index contributed by atoms with van der Waals surface area (Å²) in [5, 5.41) is 0. The van der Waals surface area contributed by atoms with Crippen molar-refractivity contribution in [2.45, 2.75) is 39.3 Å². The highest BCUT2D eigenvalue weighted by molar-refractivity contribution is 5.13. The highest BCUT2D eigenvalue weighted by Gasteiger charge is 2.05. The molecule has 1 aromatic heterocycles. The van der Waals surface area contributed by atoms with Crippen molar-refractivity contribution in [2.75, 3.05) is 7.11 Å². The van der Waals surface area contributed by atoms with Crippen LogP contribution < -0.4 is 5.56 Å². The fraction of sp³-hybridized carbons (Fsp3) is 0.583. The molecule has 0 aliphatic carbocycles. The van der Waals surface area contributed by atoms with Gasteiger partial charge >= 0.3 is 0 Å². The third kappa shape index (κ3) is 3.20. The van der Waals surface area contributed by atoms with Crippen LogP contribution in [-0.2, 0) is 11.3 Å². The summed E-state index contributed by atoms with van der Waals surface area (Å²) in [6, 6.07) is 3.51. The Labute approximate surface area is 90.7 Å². The molecule has 0 saturated heterocycles. The molecule has 0 aromatic carbocycles. The molecule has 3 nitrogen and oxygen atoms in total. The number of rotatable bonds is 4. The summed E-state index contributed by atoms with van der Waals surface area (Å²) in [5.41, 5.74) is 1.21. The average Bonchev–Trinajstić information content (AvgIpc) is 2.20. The largest absolute Gasteiger partial charge is 0.380 e. The van der Waals surface area contributed by atoms with Crippen LogP contribution >= 0.6 is 0 Å². The first-order valence-electron chi connectivity index (χ1n) is 5.27. The Hall–Kier alpha value is -1.09. The Morgan fingerprint density at radius 2 is 2.00 bits per heavy atom.